The molecule has 0 saturated carbocycles. The van der Waals surface area contributed by atoms with Gasteiger partial charge in [0.2, 0.25) is 0 Å². The van der Waals surface area contributed by atoms with Crippen LogP contribution in [-0.2, 0) is 42.2 Å². The molecule has 0 aromatic rings. The fourth-order valence-corrected chi connectivity index (χ4v) is 7.08. The lowest BCUT2D eigenvalue weighted by atomic mass is 10.1. The van der Waals surface area contributed by atoms with Crippen molar-refractivity contribution in [3.8, 4) is 0 Å². The maximum absolute atomic E-state index is 12.8. The summed E-state index contributed by atoms with van der Waals surface area (Å²) in [6.45, 7) is 4.22. The van der Waals surface area contributed by atoms with Crippen LogP contribution in [0.5, 0.6) is 0 Å². The van der Waals surface area contributed by atoms with Gasteiger partial charge in [-0.25, -0.2) is 4.57 Å². The van der Waals surface area contributed by atoms with Gasteiger partial charge in [0.1, 0.15) is 12.7 Å². The standard InChI is InChI=1S/C56H91O11P/c1-4-7-10-13-16-19-22-25-26-29-30-33-36-39-42-45-54(58)63-49-53(67-56(60)47-44-41-38-35-32-28-24-21-18-15-12-9-6-3)51-65-68(61,62)64-50-52(48-57)66-55(59)46-43-40-37-34-31-27-23-20-17-14-11-8-5-2/h7,9-10,12,16,18-21,23,25-26,28,30,32-33,38,41,52-53,57H,4-6,8,11,13-15,17,22,24,27,29,31,34-37,39-40,42-51H2,1-3H3,(H,61,62)/b10-7-,12-9-,19-16-,21-18-,23-20-,26-25-,32-28-,33-30-,41-38-. The van der Waals surface area contributed by atoms with E-state index in [4.69, 9.17) is 23.3 Å². The highest BCUT2D eigenvalue weighted by Crippen LogP contribution is 2.43. The Morgan fingerprint density at radius 1 is 0.426 bits per heavy atom. The van der Waals surface area contributed by atoms with Gasteiger partial charge in [-0.1, -0.05) is 169 Å². The van der Waals surface area contributed by atoms with E-state index in [1.54, 1.807) is 0 Å². The van der Waals surface area contributed by atoms with Crippen molar-refractivity contribution in [3.05, 3.63) is 109 Å². The Morgan fingerprint density at radius 2 is 0.794 bits per heavy atom. The second kappa shape index (κ2) is 49.6. The van der Waals surface area contributed by atoms with Gasteiger partial charge in [-0.15, -0.1) is 0 Å². The van der Waals surface area contributed by atoms with Gasteiger partial charge in [-0.05, 0) is 109 Å². The van der Waals surface area contributed by atoms with Crippen LogP contribution in [0.3, 0.4) is 0 Å². The van der Waals surface area contributed by atoms with Crippen molar-refractivity contribution in [2.24, 2.45) is 0 Å². The van der Waals surface area contributed by atoms with E-state index in [1.807, 2.05) is 12.2 Å². The summed E-state index contributed by atoms with van der Waals surface area (Å²) >= 11 is 0. The van der Waals surface area contributed by atoms with E-state index in [0.29, 0.717) is 25.7 Å². The molecule has 12 heteroatoms. The molecule has 3 unspecified atom stereocenters. The van der Waals surface area contributed by atoms with Crippen LogP contribution in [-0.4, -0.2) is 66.5 Å². The lowest BCUT2D eigenvalue weighted by molar-refractivity contribution is -0.161. The third-order valence-corrected chi connectivity index (χ3v) is 11.1. The molecule has 0 radical (unpaired) electrons. The van der Waals surface area contributed by atoms with Crippen LogP contribution in [0.4, 0.5) is 0 Å². The first-order valence-corrected chi connectivity index (χ1v) is 27.3. The Kier molecular flexibility index (Phi) is 46.7. The van der Waals surface area contributed by atoms with Crippen molar-refractivity contribution in [2.45, 2.75) is 200 Å². The van der Waals surface area contributed by atoms with Crippen molar-refractivity contribution in [1.29, 1.82) is 0 Å². The van der Waals surface area contributed by atoms with Crippen molar-refractivity contribution < 1.29 is 52.2 Å². The number of hydrogen-bond acceptors (Lipinski definition) is 10. The molecule has 0 amide bonds. The molecule has 0 aromatic heterocycles. The van der Waals surface area contributed by atoms with E-state index in [0.717, 1.165) is 96.3 Å². The van der Waals surface area contributed by atoms with Crippen LogP contribution < -0.4 is 0 Å². The van der Waals surface area contributed by atoms with Crippen molar-refractivity contribution >= 4 is 25.7 Å². The van der Waals surface area contributed by atoms with E-state index >= 15 is 0 Å². The molecule has 0 aliphatic rings. The summed E-state index contributed by atoms with van der Waals surface area (Å²) in [6.07, 6.45) is 58.0. The highest BCUT2D eigenvalue weighted by molar-refractivity contribution is 7.47. The minimum atomic E-state index is -4.78. The van der Waals surface area contributed by atoms with Gasteiger partial charge in [-0.3, -0.25) is 23.4 Å². The second-order valence-electron chi connectivity index (χ2n) is 16.6. The van der Waals surface area contributed by atoms with Gasteiger partial charge >= 0.3 is 25.7 Å². The van der Waals surface area contributed by atoms with E-state index in [1.165, 1.54) is 25.7 Å². The van der Waals surface area contributed by atoms with Crippen LogP contribution in [0.25, 0.3) is 0 Å². The summed E-state index contributed by atoms with van der Waals surface area (Å²) in [5, 5.41) is 9.77. The number of aliphatic hydroxyl groups is 1. The molecule has 0 saturated heterocycles. The quantitative estimate of drug-likeness (QED) is 0.0197. The molecule has 11 nitrogen and oxygen atoms in total. The minimum Gasteiger partial charge on any atom is -0.462 e. The van der Waals surface area contributed by atoms with Crippen molar-refractivity contribution in [2.75, 3.05) is 26.4 Å². The van der Waals surface area contributed by atoms with Crippen molar-refractivity contribution in [3.63, 3.8) is 0 Å². The average molecular weight is 971 g/mol. The minimum absolute atomic E-state index is 0.0315. The summed E-state index contributed by atoms with van der Waals surface area (Å²) in [4.78, 5) is 48.2. The molecule has 0 fully saturated rings. The average Bonchev–Trinajstić information content (AvgIpc) is 3.32. The first kappa shape index (κ1) is 64.1. The van der Waals surface area contributed by atoms with Crippen LogP contribution in [0.1, 0.15) is 188 Å². The number of unbranched alkanes of at least 4 members (excludes halogenated alkanes) is 11. The fourth-order valence-electron chi connectivity index (χ4n) is 6.29. The molecule has 0 rings (SSSR count). The highest BCUT2D eigenvalue weighted by atomic mass is 31.2. The zero-order valence-corrected chi connectivity index (χ0v) is 43.2. The molecule has 0 spiro atoms. The van der Waals surface area contributed by atoms with Crippen molar-refractivity contribution in [1.82, 2.24) is 0 Å². The Balaban J connectivity index is 4.90. The summed E-state index contributed by atoms with van der Waals surface area (Å²) in [5.74, 6) is -1.64. The number of phosphoric acid groups is 1. The Morgan fingerprint density at radius 3 is 1.31 bits per heavy atom. The number of esters is 3. The molecule has 0 aliphatic carbocycles. The first-order chi connectivity index (χ1) is 33.2. The number of phosphoric ester groups is 1. The third-order valence-electron chi connectivity index (χ3n) is 10.2. The molecule has 68 heavy (non-hydrogen) atoms. The summed E-state index contributed by atoms with van der Waals surface area (Å²) < 4.78 is 39.2. The molecule has 386 valence electrons. The number of hydrogen-bond donors (Lipinski definition) is 2. The lowest BCUT2D eigenvalue weighted by Crippen LogP contribution is -2.30. The Bertz CT molecular complexity index is 1550. The molecule has 3 atom stereocenters. The third kappa shape index (κ3) is 47.2. The number of carbonyl (C=O) groups is 3. The number of ether oxygens (including phenoxy) is 3. The van der Waals surface area contributed by atoms with Crippen LogP contribution in [0.2, 0.25) is 0 Å². The maximum Gasteiger partial charge on any atom is 0.472 e. The van der Waals surface area contributed by atoms with E-state index in [-0.39, 0.29) is 19.3 Å². The fraction of sp³-hybridized carbons (Fsp3) is 0.625. The summed E-state index contributed by atoms with van der Waals surface area (Å²) in [7, 11) is -4.78. The molecule has 0 aliphatic heterocycles. The van der Waals surface area contributed by atoms with Gasteiger partial charge in [0, 0.05) is 19.3 Å². The first-order valence-electron chi connectivity index (χ1n) is 25.8. The molecule has 0 aromatic carbocycles. The van der Waals surface area contributed by atoms with Gasteiger partial charge in [0.25, 0.3) is 0 Å². The van der Waals surface area contributed by atoms with Gasteiger partial charge < -0.3 is 24.2 Å². The number of rotatable bonds is 46. The highest BCUT2D eigenvalue weighted by Gasteiger charge is 2.28. The topological polar surface area (TPSA) is 155 Å². The Hall–Kier alpha value is -3.86. The summed E-state index contributed by atoms with van der Waals surface area (Å²) in [6, 6.07) is 0. The normalized spacial score (nSPS) is 14.4. The zero-order chi connectivity index (χ0) is 49.9. The zero-order valence-electron chi connectivity index (χ0n) is 42.3. The number of carbonyl (C=O) groups excluding carboxylic acids is 3. The van der Waals surface area contributed by atoms with E-state index in [2.05, 4.69) is 118 Å². The van der Waals surface area contributed by atoms with Crippen LogP contribution >= 0.6 is 7.82 Å². The van der Waals surface area contributed by atoms with Gasteiger partial charge in [0.15, 0.2) is 6.10 Å². The summed E-state index contributed by atoms with van der Waals surface area (Å²) in [5.41, 5.74) is 0. The second-order valence-corrected chi connectivity index (χ2v) is 18.0. The van der Waals surface area contributed by atoms with Gasteiger partial charge in [0.05, 0.1) is 19.8 Å². The lowest BCUT2D eigenvalue weighted by Gasteiger charge is -2.21. The Labute approximate surface area is 412 Å². The largest absolute Gasteiger partial charge is 0.472 e. The van der Waals surface area contributed by atoms with Crippen LogP contribution in [0.15, 0.2) is 109 Å². The SMILES string of the molecule is CC/C=C\C/C=C\C/C=C\C/C=C\CCCCC(=O)OCC(COP(=O)(O)OCC(CO)OC(=O)CCCCCCC/C=C\CCCCCC)OC(=O)CC/C=C\C/C=C\C/C=C\C/C=C\CC. The number of aliphatic hydroxyl groups excluding tert-OH is 1. The molecule has 0 bridgehead atoms. The smallest absolute Gasteiger partial charge is 0.462 e. The predicted molar refractivity (Wildman–Crippen MR) is 279 cm³/mol. The molecule has 0 heterocycles. The number of allylic oxidation sites excluding steroid dienone is 18. The maximum atomic E-state index is 12.8. The molecular weight excluding hydrogens is 880 g/mol. The molecular formula is C56H91O11P. The van der Waals surface area contributed by atoms with Crippen LogP contribution in [0, 0.1) is 0 Å². The van der Waals surface area contributed by atoms with Gasteiger partial charge in [-0.2, -0.15) is 0 Å². The predicted octanol–water partition coefficient (Wildman–Crippen LogP) is 14.7. The monoisotopic (exact) mass is 971 g/mol. The molecule has 2 N–H and O–H groups in total. The van der Waals surface area contributed by atoms with E-state index in [9.17, 15) is 28.9 Å². The van der Waals surface area contributed by atoms with E-state index < -0.39 is 64.4 Å².